The van der Waals surface area contributed by atoms with Crippen LogP contribution in [0, 0.1) is 0 Å². The van der Waals surface area contributed by atoms with Crippen LogP contribution in [0.3, 0.4) is 0 Å². The van der Waals surface area contributed by atoms with Gasteiger partial charge in [0.05, 0.1) is 0 Å². The van der Waals surface area contributed by atoms with Crippen LogP contribution in [-0.4, -0.2) is 17.4 Å². The number of hydrogen-bond acceptors (Lipinski definition) is 0. The molecule has 0 N–H and O–H groups in total. The molecule has 0 atom stereocenters. The Morgan fingerprint density at radius 1 is 1.00 bits per heavy atom. The molecule has 0 amide bonds. The maximum absolute atomic E-state index is 0. The Bertz CT molecular complexity index is 24.0. The van der Waals surface area contributed by atoms with E-state index in [0.29, 0.717) is 0 Å². The van der Waals surface area contributed by atoms with E-state index >= 15 is 0 Å². The van der Waals surface area contributed by atoms with Crippen LogP contribution >= 0.6 is 0 Å². The fraction of sp³-hybridized carbons (Fsp3) is 0. The predicted molar refractivity (Wildman–Crippen MR) is 9.94 cm³/mol. The van der Waals surface area contributed by atoms with E-state index in [1.807, 2.05) is 0 Å². The first-order valence-corrected chi connectivity index (χ1v) is 0. The van der Waals surface area contributed by atoms with Gasteiger partial charge in [-0.1, -0.05) is 0 Å². The summed E-state index contributed by atoms with van der Waals surface area (Å²) in [4.78, 5) is 0. The molecule has 0 bridgehead atoms. The average molecular weight is 490 g/mol. The van der Waals surface area contributed by atoms with E-state index in [1.54, 1.807) is 0 Å². The van der Waals surface area contributed by atoms with Gasteiger partial charge in [-0.3, -0.25) is 0 Å². The van der Waals surface area contributed by atoms with E-state index < -0.39 is 0 Å². The summed E-state index contributed by atoms with van der Waals surface area (Å²) in [5.41, 5.74) is 0. The van der Waals surface area contributed by atoms with Gasteiger partial charge in [-0.2, -0.15) is 0 Å². The van der Waals surface area contributed by atoms with Gasteiger partial charge >= 0.3 is 0 Å². The van der Waals surface area contributed by atoms with Crippen LogP contribution in [0.5, 0.6) is 0 Å². The molecule has 0 saturated heterocycles. The molecule has 2 radical (unpaired) electrons. The van der Waals surface area contributed by atoms with Crippen LogP contribution in [0.1, 0.15) is 0 Å². The van der Waals surface area contributed by atoms with Gasteiger partial charge in [0, 0.05) is 137 Å². The zero-order valence-corrected chi connectivity index (χ0v) is 13.4. The zero-order chi connectivity index (χ0) is 0. The molecule has 0 fully saturated rings. The van der Waals surface area contributed by atoms with Gasteiger partial charge in [-0.05, 0) is 0 Å². The Labute approximate surface area is 151 Å². The Morgan fingerprint density at radius 3 is 1.00 bits per heavy atom. The van der Waals surface area contributed by atoms with E-state index in [4.69, 9.17) is 0 Å². The maximum atomic E-state index is 0. The third kappa shape index (κ3) is 44.6. The Morgan fingerprint density at radius 2 is 1.00 bits per heavy atom. The van der Waals surface area contributed by atoms with Crippen molar-refractivity contribution in [3.63, 3.8) is 0 Å². The fourth-order valence-corrected chi connectivity index (χ4v) is 0. The van der Waals surface area contributed by atoms with Gasteiger partial charge in [-0.25, -0.2) is 0 Å². The van der Waals surface area contributed by atoms with Crippen molar-refractivity contribution in [1.82, 2.24) is 0 Å². The molecule has 0 heterocycles. The van der Waals surface area contributed by atoms with Crippen molar-refractivity contribution in [1.29, 1.82) is 0 Å². The molecule has 0 aliphatic rings. The van der Waals surface area contributed by atoms with Crippen molar-refractivity contribution < 1.29 is 137 Å². The quantitative estimate of drug-likeness (QED) is 0.375. The van der Waals surface area contributed by atoms with E-state index in [0.717, 1.165) is 0 Å². The van der Waals surface area contributed by atoms with Crippen LogP contribution < -0.4 is 0 Å². The molecule has 52 valence electrons. The van der Waals surface area contributed by atoms with Crippen molar-refractivity contribution in [3.8, 4) is 0 Å². The minimum atomic E-state index is 0. The molecule has 0 aromatic rings. The van der Waals surface area contributed by atoms with Gasteiger partial charge in [0.25, 0.3) is 0 Å². The molecule has 0 unspecified atom stereocenters. The maximum Gasteiger partial charge on any atom is 0.187 e. The van der Waals surface area contributed by atoms with E-state index in [9.17, 15) is 0 Å². The molecule has 0 aromatic heterocycles. The molecule has 0 saturated carbocycles. The monoisotopic (exact) mass is 490 g/mol. The standard InChI is InChI=1S/Al.Co.Cr.Mn.Mo.Ni.Ti.Zr.3H. The van der Waals surface area contributed by atoms with Crippen molar-refractivity contribution in [2.75, 3.05) is 0 Å². The first-order valence-electron chi connectivity index (χ1n) is 0. The molecule has 0 aliphatic carbocycles. The summed E-state index contributed by atoms with van der Waals surface area (Å²) in [6.07, 6.45) is 0. The van der Waals surface area contributed by atoms with Gasteiger partial charge in [0.2, 0.25) is 0 Å². The van der Waals surface area contributed by atoms with E-state index in [2.05, 4.69) is 0 Å². The summed E-state index contributed by atoms with van der Waals surface area (Å²) in [6.45, 7) is 0. The zero-order valence-electron chi connectivity index (χ0n) is 2.84. The fourth-order valence-electron chi connectivity index (χ4n) is 0. The summed E-state index contributed by atoms with van der Waals surface area (Å²) < 4.78 is 0. The Balaban J connectivity index is 0. The second-order valence-electron chi connectivity index (χ2n) is 0. The minimum Gasteiger partial charge on any atom is 0 e. The predicted octanol–water partition coefficient (Wildman–Crippen LogP) is -1.20. The molecule has 0 spiro atoms. The normalized spacial score (nSPS) is 0. The Hall–Kier alpha value is 4.87. The third-order valence-corrected chi connectivity index (χ3v) is 0. The van der Waals surface area contributed by atoms with Crippen LogP contribution in [-0.2, 0) is 137 Å². The van der Waals surface area contributed by atoms with Gasteiger partial charge in [0.1, 0.15) is 0 Å². The van der Waals surface area contributed by atoms with Crippen LogP contribution in [0.15, 0.2) is 0 Å². The van der Waals surface area contributed by atoms with E-state index in [1.165, 1.54) is 0 Å². The van der Waals surface area contributed by atoms with Crippen molar-refractivity contribution >= 4 is 17.4 Å². The molecular formula is H3AlCoCrMnMoNiTiZr. The average Bonchev–Trinajstić information content (AvgIpc) is 0. The van der Waals surface area contributed by atoms with Crippen molar-refractivity contribution in [2.24, 2.45) is 0 Å². The summed E-state index contributed by atoms with van der Waals surface area (Å²) in [7, 11) is 0. The van der Waals surface area contributed by atoms with Crippen LogP contribution in [0.25, 0.3) is 0 Å². The second kappa shape index (κ2) is 59.1. The molecule has 0 nitrogen and oxygen atoms in total. The molecule has 0 aliphatic heterocycles. The number of rotatable bonds is 0. The molecular weight excluding hydrogens is 487 g/mol. The smallest absolute Gasteiger partial charge is 0 e. The molecule has 0 aromatic carbocycles. The van der Waals surface area contributed by atoms with Crippen molar-refractivity contribution in [2.45, 2.75) is 0 Å². The number of hydrogen-bond donors (Lipinski definition) is 0. The van der Waals surface area contributed by atoms with Crippen molar-refractivity contribution in [3.05, 3.63) is 0 Å². The van der Waals surface area contributed by atoms with Crippen LogP contribution in [0.4, 0.5) is 0 Å². The summed E-state index contributed by atoms with van der Waals surface area (Å²) in [5.74, 6) is 0. The summed E-state index contributed by atoms with van der Waals surface area (Å²) >= 11 is 0. The summed E-state index contributed by atoms with van der Waals surface area (Å²) in [6, 6.07) is 0. The topological polar surface area (TPSA) is 0 Å². The second-order valence-corrected chi connectivity index (χ2v) is 0. The SMILES string of the molecule is [AlH3].[Co].[Cr].[Mn].[Mo].[Ni].[Ti].[Zr]. The van der Waals surface area contributed by atoms with Gasteiger partial charge in [-0.15, -0.1) is 0 Å². The minimum absolute atomic E-state index is 0. The Kier molecular flexibility index (Phi) is 565. The third-order valence-electron chi connectivity index (χ3n) is 0. The first kappa shape index (κ1) is 76.5. The molecule has 0 rings (SSSR count). The van der Waals surface area contributed by atoms with Gasteiger partial charge < -0.3 is 0 Å². The molecule has 8 heavy (non-hydrogen) atoms. The molecule has 8 heteroatoms. The largest absolute Gasteiger partial charge is 0.187 e. The first-order chi connectivity index (χ1) is 0. The summed E-state index contributed by atoms with van der Waals surface area (Å²) in [5, 5.41) is 0. The van der Waals surface area contributed by atoms with Crippen LogP contribution in [0.2, 0.25) is 0 Å². The van der Waals surface area contributed by atoms with E-state index in [-0.39, 0.29) is 154 Å². The van der Waals surface area contributed by atoms with Gasteiger partial charge in [0.15, 0.2) is 17.4 Å².